The van der Waals surface area contributed by atoms with Crippen LogP contribution in [0.4, 0.5) is 4.39 Å². The monoisotopic (exact) mass is 449 g/mol. The maximum Gasteiger partial charge on any atom is 0.195 e. The first-order chi connectivity index (χ1) is 16.4. The van der Waals surface area contributed by atoms with E-state index in [0.717, 1.165) is 39.5 Å². The lowest BCUT2D eigenvalue weighted by Gasteiger charge is -2.07. The van der Waals surface area contributed by atoms with Crippen molar-refractivity contribution in [3.05, 3.63) is 118 Å². The molecular formula is C30H24FNO2. The van der Waals surface area contributed by atoms with E-state index in [2.05, 4.69) is 11.5 Å². The summed E-state index contributed by atoms with van der Waals surface area (Å²) in [4.78, 5) is 26.4. The molecule has 4 heteroatoms. The predicted octanol–water partition coefficient (Wildman–Crippen LogP) is 7.03. The molecule has 3 nitrogen and oxygen atoms in total. The average Bonchev–Trinajstić information content (AvgIpc) is 3.15. The Hall–Kier alpha value is -4.05. The Balaban J connectivity index is 1.68. The van der Waals surface area contributed by atoms with Crippen LogP contribution in [0.2, 0.25) is 0 Å². The second-order valence-corrected chi connectivity index (χ2v) is 8.66. The second-order valence-electron chi connectivity index (χ2n) is 8.66. The predicted molar refractivity (Wildman–Crippen MR) is 134 cm³/mol. The molecule has 0 bridgehead atoms. The van der Waals surface area contributed by atoms with Crippen LogP contribution in [0, 0.1) is 19.7 Å². The van der Waals surface area contributed by atoms with Gasteiger partial charge in [-0.05, 0) is 74.9 Å². The van der Waals surface area contributed by atoms with Gasteiger partial charge in [-0.1, -0.05) is 35.9 Å². The van der Waals surface area contributed by atoms with E-state index in [9.17, 15) is 14.0 Å². The van der Waals surface area contributed by atoms with E-state index >= 15 is 0 Å². The van der Waals surface area contributed by atoms with Gasteiger partial charge >= 0.3 is 0 Å². The zero-order valence-corrected chi connectivity index (χ0v) is 19.4. The topological polar surface area (TPSA) is 39.1 Å². The molecular weight excluding hydrogens is 425 g/mol. The van der Waals surface area contributed by atoms with Gasteiger partial charge in [0.15, 0.2) is 11.6 Å². The van der Waals surface area contributed by atoms with Crippen molar-refractivity contribution in [1.29, 1.82) is 0 Å². The number of aryl methyl sites for hydroxylation is 3. The van der Waals surface area contributed by atoms with E-state index in [1.165, 1.54) is 12.1 Å². The van der Waals surface area contributed by atoms with Gasteiger partial charge < -0.3 is 4.57 Å². The molecule has 0 aliphatic rings. The molecule has 0 aliphatic heterocycles. The van der Waals surface area contributed by atoms with Crippen LogP contribution < -0.4 is 0 Å². The van der Waals surface area contributed by atoms with Crippen molar-refractivity contribution in [2.45, 2.75) is 27.3 Å². The van der Waals surface area contributed by atoms with Crippen LogP contribution in [0.3, 0.4) is 0 Å². The first kappa shape index (κ1) is 21.8. The summed E-state index contributed by atoms with van der Waals surface area (Å²) in [5.41, 5.74) is 5.76. The van der Waals surface area contributed by atoms with Gasteiger partial charge in [0.25, 0.3) is 0 Å². The number of nitrogens with zero attached hydrogens (tertiary/aromatic N) is 1. The Kier molecular flexibility index (Phi) is 5.37. The number of fused-ring (bicyclic) bond motifs is 3. The number of hydrogen-bond donors (Lipinski definition) is 0. The van der Waals surface area contributed by atoms with Crippen molar-refractivity contribution in [3.8, 4) is 0 Å². The maximum absolute atomic E-state index is 14.2. The van der Waals surface area contributed by atoms with Gasteiger partial charge in [0.1, 0.15) is 5.82 Å². The summed E-state index contributed by atoms with van der Waals surface area (Å²) >= 11 is 0. The smallest absolute Gasteiger partial charge is 0.195 e. The average molecular weight is 450 g/mol. The molecule has 0 spiro atoms. The molecule has 0 saturated heterocycles. The Morgan fingerprint density at radius 1 is 0.735 bits per heavy atom. The third kappa shape index (κ3) is 3.52. The Bertz CT molecular complexity index is 1610. The van der Waals surface area contributed by atoms with Gasteiger partial charge in [-0.2, -0.15) is 0 Å². The van der Waals surface area contributed by atoms with Crippen molar-refractivity contribution in [2.75, 3.05) is 0 Å². The van der Waals surface area contributed by atoms with Crippen LogP contribution in [-0.2, 0) is 6.54 Å². The lowest BCUT2D eigenvalue weighted by molar-refractivity contribution is 0.102. The third-order valence-corrected chi connectivity index (χ3v) is 6.45. The van der Waals surface area contributed by atoms with E-state index in [1.807, 2.05) is 62.4 Å². The van der Waals surface area contributed by atoms with Crippen molar-refractivity contribution < 1.29 is 14.0 Å². The molecule has 0 radical (unpaired) electrons. The molecule has 0 unspecified atom stereocenters. The molecule has 0 saturated carbocycles. The molecule has 0 amide bonds. The minimum absolute atomic E-state index is 0.0320. The van der Waals surface area contributed by atoms with Crippen LogP contribution >= 0.6 is 0 Å². The molecule has 0 N–H and O–H groups in total. The van der Waals surface area contributed by atoms with Gasteiger partial charge in [0.2, 0.25) is 0 Å². The Morgan fingerprint density at radius 3 is 1.88 bits per heavy atom. The minimum Gasteiger partial charge on any atom is -0.341 e. The number of rotatable bonds is 5. The molecule has 0 fully saturated rings. The quantitative estimate of drug-likeness (QED) is 0.270. The van der Waals surface area contributed by atoms with Crippen LogP contribution in [0.25, 0.3) is 21.8 Å². The second kappa shape index (κ2) is 8.38. The van der Waals surface area contributed by atoms with E-state index in [4.69, 9.17) is 0 Å². The lowest BCUT2D eigenvalue weighted by Crippen LogP contribution is -2.04. The number of hydrogen-bond acceptors (Lipinski definition) is 2. The highest BCUT2D eigenvalue weighted by molar-refractivity contribution is 6.17. The van der Waals surface area contributed by atoms with Crippen LogP contribution in [0.5, 0.6) is 0 Å². The number of carbonyl (C=O) groups excluding carboxylic acids is 2. The fourth-order valence-corrected chi connectivity index (χ4v) is 4.75. The molecule has 5 aromatic rings. The lowest BCUT2D eigenvalue weighted by atomic mass is 9.96. The Morgan fingerprint density at radius 2 is 1.32 bits per heavy atom. The Labute approximate surface area is 197 Å². The van der Waals surface area contributed by atoms with Crippen LogP contribution in [0.15, 0.2) is 78.9 Å². The van der Waals surface area contributed by atoms with Crippen molar-refractivity contribution in [3.63, 3.8) is 0 Å². The molecule has 34 heavy (non-hydrogen) atoms. The summed E-state index contributed by atoms with van der Waals surface area (Å²) in [6, 6.07) is 23.0. The number of carbonyl (C=O) groups is 2. The largest absolute Gasteiger partial charge is 0.341 e. The highest BCUT2D eigenvalue weighted by Gasteiger charge is 2.18. The minimum atomic E-state index is -0.537. The SMILES string of the molecule is CCn1c2ccc(C(=O)c3ccc(C)cc3C)cc2c2cc(C(=O)c3ccccc3F)ccc21. The summed E-state index contributed by atoms with van der Waals surface area (Å²) in [6.07, 6.45) is 0. The summed E-state index contributed by atoms with van der Waals surface area (Å²) < 4.78 is 16.4. The first-order valence-corrected chi connectivity index (χ1v) is 11.4. The van der Waals surface area contributed by atoms with Crippen molar-refractivity contribution >= 4 is 33.4 Å². The highest BCUT2D eigenvalue weighted by Crippen LogP contribution is 2.32. The zero-order valence-electron chi connectivity index (χ0n) is 19.4. The molecule has 4 aromatic carbocycles. The molecule has 1 aromatic heterocycles. The van der Waals surface area contributed by atoms with E-state index in [0.29, 0.717) is 16.7 Å². The van der Waals surface area contributed by atoms with Gasteiger partial charge in [0, 0.05) is 45.0 Å². The molecule has 0 atom stereocenters. The first-order valence-electron chi connectivity index (χ1n) is 11.4. The van der Waals surface area contributed by atoms with Gasteiger partial charge in [-0.25, -0.2) is 4.39 Å². The number of ketones is 2. The maximum atomic E-state index is 14.2. The van der Waals surface area contributed by atoms with Gasteiger partial charge in [-0.3, -0.25) is 9.59 Å². The fraction of sp³-hybridized carbons (Fsp3) is 0.133. The summed E-state index contributed by atoms with van der Waals surface area (Å²) in [7, 11) is 0. The summed E-state index contributed by atoms with van der Waals surface area (Å²) in [6.45, 7) is 6.76. The molecule has 0 aliphatic carbocycles. The van der Waals surface area contributed by atoms with Crippen LogP contribution in [0.1, 0.15) is 49.9 Å². The number of halogens is 1. The molecule has 168 valence electrons. The number of benzene rings is 4. The van der Waals surface area contributed by atoms with Crippen molar-refractivity contribution in [1.82, 2.24) is 4.57 Å². The van der Waals surface area contributed by atoms with Crippen molar-refractivity contribution in [2.24, 2.45) is 0 Å². The summed E-state index contributed by atoms with van der Waals surface area (Å²) in [5.74, 6) is -0.930. The normalized spacial score (nSPS) is 11.3. The highest BCUT2D eigenvalue weighted by atomic mass is 19.1. The molecule has 5 rings (SSSR count). The van der Waals surface area contributed by atoms with Gasteiger partial charge in [0.05, 0.1) is 5.56 Å². The molecule has 1 heterocycles. The van der Waals surface area contributed by atoms with Crippen LogP contribution in [-0.4, -0.2) is 16.1 Å². The zero-order chi connectivity index (χ0) is 24.0. The van der Waals surface area contributed by atoms with Gasteiger partial charge in [-0.15, -0.1) is 0 Å². The standard InChI is InChI=1S/C30H24FNO2/c1-4-32-27-13-10-20(29(33)22-12-9-18(2)15-19(22)3)16-24(27)25-17-21(11-14-28(25)32)30(34)23-7-5-6-8-26(23)31/h5-17H,4H2,1-3H3. The van der Waals surface area contributed by atoms with E-state index in [1.54, 1.807) is 18.2 Å². The fourth-order valence-electron chi connectivity index (χ4n) is 4.75. The number of aromatic nitrogens is 1. The van der Waals surface area contributed by atoms with E-state index < -0.39 is 5.82 Å². The third-order valence-electron chi connectivity index (χ3n) is 6.45. The van der Waals surface area contributed by atoms with E-state index in [-0.39, 0.29) is 17.1 Å². The summed E-state index contributed by atoms with van der Waals surface area (Å²) in [5, 5.41) is 1.77.